The Morgan fingerprint density at radius 3 is 2.55 bits per heavy atom. The number of sulfonamides is 1. The number of rotatable bonds is 9. The molecule has 1 fully saturated rings. The second-order valence-corrected chi connectivity index (χ2v) is 9.54. The van der Waals surface area contributed by atoms with Crippen molar-refractivity contribution in [3.63, 3.8) is 0 Å². The van der Waals surface area contributed by atoms with Crippen LogP contribution in [-0.2, 0) is 21.3 Å². The van der Waals surface area contributed by atoms with Crippen LogP contribution in [-0.4, -0.2) is 57.0 Å². The third-order valence-electron chi connectivity index (χ3n) is 5.31. The van der Waals surface area contributed by atoms with Crippen molar-refractivity contribution >= 4 is 15.9 Å². The van der Waals surface area contributed by atoms with Gasteiger partial charge in [-0.25, -0.2) is 13.4 Å². The smallest absolute Gasteiger partial charge is 0.251 e. The van der Waals surface area contributed by atoms with E-state index in [2.05, 4.69) is 17.2 Å². The number of carbonyl (C=O) groups is 1. The maximum Gasteiger partial charge on any atom is 0.251 e. The minimum atomic E-state index is -3.53. The second-order valence-electron chi connectivity index (χ2n) is 7.60. The zero-order valence-corrected chi connectivity index (χ0v) is 18.7. The van der Waals surface area contributed by atoms with Gasteiger partial charge in [0.2, 0.25) is 15.9 Å². The fourth-order valence-electron chi connectivity index (χ4n) is 3.34. The number of piperidine rings is 1. The van der Waals surface area contributed by atoms with Crippen molar-refractivity contribution in [2.24, 2.45) is 5.92 Å². The van der Waals surface area contributed by atoms with Gasteiger partial charge >= 0.3 is 0 Å². The van der Waals surface area contributed by atoms with Crippen molar-refractivity contribution < 1.29 is 22.7 Å². The summed E-state index contributed by atoms with van der Waals surface area (Å²) in [4.78, 5) is 16.9. The van der Waals surface area contributed by atoms with Gasteiger partial charge in [-0.3, -0.25) is 4.79 Å². The van der Waals surface area contributed by atoms with Gasteiger partial charge in [0.1, 0.15) is 6.61 Å². The molecule has 3 rings (SSSR count). The zero-order chi connectivity index (χ0) is 22.3. The first-order valence-electron chi connectivity index (χ1n) is 10.4. The van der Waals surface area contributed by atoms with Crippen LogP contribution in [0.5, 0.6) is 5.88 Å². The van der Waals surface area contributed by atoms with Crippen LogP contribution >= 0.6 is 0 Å². The Kier molecular flexibility index (Phi) is 8.00. The molecular formula is C22H29N3O5S. The number of nitrogens with one attached hydrogen (secondary N) is 1. The Bertz CT molecular complexity index is 971. The van der Waals surface area contributed by atoms with Crippen LogP contribution < -0.4 is 10.1 Å². The van der Waals surface area contributed by atoms with E-state index in [-0.39, 0.29) is 17.3 Å². The minimum Gasteiger partial charge on any atom is -0.475 e. The van der Waals surface area contributed by atoms with E-state index in [4.69, 9.17) is 9.47 Å². The summed E-state index contributed by atoms with van der Waals surface area (Å²) in [5.41, 5.74) is 1.13. The van der Waals surface area contributed by atoms with Crippen molar-refractivity contribution in [2.75, 3.05) is 33.4 Å². The molecule has 0 bridgehead atoms. The monoisotopic (exact) mass is 447 g/mol. The number of hydrogen-bond donors (Lipinski definition) is 1. The van der Waals surface area contributed by atoms with Gasteiger partial charge in [0.25, 0.3) is 5.91 Å². The summed E-state index contributed by atoms with van der Waals surface area (Å²) in [5.74, 6) is 0.683. The van der Waals surface area contributed by atoms with E-state index in [1.54, 1.807) is 19.4 Å². The number of carbonyl (C=O) groups excluding carboxylic acids is 1. The van der Waals surface area contributed by atoms with E-state index in [1.807, 2.05) is 6.07 Å². The molecule has 0 saturated carbocycles. The average molecular weight is 448 g/mol. The van der Waals surface area contributed by atoms with Crippen molar-refractivity contribution in [3.8, 4) is 5.88 Å². The first-order valence-corrected chi connectivity index (χ1v) is 11.8. The lowest BCUT2D eigenvalue weighted by Crippen LogP contribution is -2.37. The number of amides is 1. The van der Waals surface area contributed by atoms with Crippen LogP contribution in [0.2, 0.25) is 0 Å². The number of methoxy groups -OCH3 is 1. The van der Waals surface area contributed by atoms with E-state index in [0.29, 0.717) is 43.7 Å². The summed E-state index contributed by atoms with van der Waals surface area (Å²) >= 11 is 0. The highest BCUT2D eigenvalue weighted by Crippen LogP contribution is 2.23. The largest absolute Gasteiger partial charge is 0.475 e. The van der Waals surface area contributed by atoms with Gasteiger partial charge < -0.3 is 14.8 Å². The molecule has 2 heterocycles. The first-order chi connectivity index (χ1) is 14.9. The molecule has 1 N–H and O–H groups in total. The summed E-state index contributed by atoms with van der Waals surface area (Å²) < 4.78 is 37.7. The molecule has 1 amide bonds. The first kappa shape index (κ1) is 23.2. The summed E-state index contributed by atoms with van der Waals surface area (Å²) in [6, 6.07) is 9.65. The van der Waals surface area contributed by atoms with Gasteiger partial charge in [-0.2, -0.15) is 4.31 Å². The summed E-state index contributed by atoms with van der Waals surface area (Å²) in [5, 5.41) is 2.82. The molecule has 1 saturated heterocycles. The fourth-order valence-corrected chi connectivity index (χ4v) is 4.81. The van der Waals surface area contributed by atoms with E-state index >= 15 is 0 Å². The van der Waals surface area contributed by atoms with Crippen LogP contribution in [0.15, 0.2) is 47.5 Å². The predicted octanol–water partition coefficient (Wildman–Crippen LogP) is 2.46. The SMILES string of the molecule is COCCOc1ncccc1CNC(=O)c1ccc(S(=O)(=O)N2CCC(C)CC2)cc1. The number of aromatic nitrogens is 1. The molecule has 31 heavy (non-hydrogen) atoms. The van der Waals surface area contributed by atoms with Gasteiger partial charge in [-0.1, -0.05) is 13.0 Å². The third kappa shape index (κ3) is 6.03. The molecule has 8 nitrogen and oxygen atoms in total. The van der Waals surface area contributed by atoms with Crippen LogP contribution in [0.4, 0.5) is 0 Å². The lowest BCUT2D eigenvalue weighted by atomic mass is 10.0. The summed E-state index contributed by atoms with van der Waals surface area (Å²) in [7, 11) is -1.94. The maximum absolute atomic E-state index is 12.8. The Labute approximate surface area is 183 Å². The molecule has 168 valence electrons. The lowest BCUT2D eigenvalue weighted by Gasteiger charge is -2.29. The summed E-state index contributed by atoms with van der Waals surface area (Å²) in [6.45, 7) is 4.24. The molecule has 0 aliphatic carbocycles. The molecule has 2 aromatic rings. The van der Waals surface area contributed by atoms with E-state index in [9.17, 15) is 13.2 Å². The van der Waals surface area contributed by atoms with E-state index in [0.717, 1.165) is 18.4 Å². The minimum absolute atomic E-state index is 0.208. The zero-order valence-electron chi connectivity index (χ0n) is 17.9. The molecule has 1 aliphatic rings. The van der Waals surface area contributed by atoms with E-state index in [1.165, 1.54) is 28.6 Å². The van der Waals surface area contributed by atoms with Crippen molar-refractivity contribution in [1.82, 2.24) is 14.6 Å². The summed E-state index contributed by atoms with van der Waals surface area (Å²) in [6.07, 6.45) is 3.35. The number of nitrogens with zero attached hydrogens (tertiary/aromatic N) is 2. The average Bonchev–Trinajstić information content (AvgIpc) is 2.79. The normalized spacial score (nSPS) is 15.5. The highest BCUT2D eigenvalue weighted by Gasteiger charge is 2.28. The van der Waals surface area contributed by atoms with Crippen LogP contribution in [0.3, 0.4) is 0 Å². The van der Waals surface area contributed by atoms with Gasteiger partial charge in [0.15, 0.2) is 0 Å². The molecule has 1 aliphatic heterocycles. The quantitative estimate of drug-likeness (QED) is 0.593. The highest BCUT2D eigenvalue weighted by molar-refractivity contribution is 7.89. The molecule has 9 heteroatoms. The lowest BCUT2D eigenvalue weighted by molar-refractivity contribution is 0.0950. The Morgan fingerprint density at radius 2 is 1.87 bits per heavy atom. The van der Waals surface area contributed by atoms with Gasteiger partial charge in [-0.05, 0) is 49.1 Å². The molecule has 0 atom stereocenters. The molecule has 0 unspecified atom stereocenters. The Hall–Kier alpha value is -2.49. The van der Waals surface area contributed by atoms with Crippen LogP contribution in [0, 0.1) is 5.92 Å². The van der Waals surface area contributed by atoms with Crippen molar-refractivity contribution in [3.05, 3.63) is 53.7 Å². The maximum atomic E-state index is 12.8. The second kappa shape index (κ2) is 10.7. The third-order valence-corrected chi connectivity index (χ3v) is 7.23. The molecule has 1 aromatic heterocycles. The molecule has 1 aromatic carbocycles. The standard InChI is InChI=1S/C22H29N3O5S/c1-17-9-12-25(13-10-17)31(27,28)20-7-5-18(6-8-20)21(26)24-16-19-4-3-11-23-22(19)30-15-14-29-2/h3-8,11,17H,9-10,12-16H2,1-2H3,(H,24,26). The van der Waals surface area contributed by atoms with Crippen molar-refractivity contribution in [2.45, 2.75) is 31.2 Å². The Morgan fingerprint density at radius 1 is 1.16 bits per heavy atom. The van der Waals surface area contributed by atoms with E-state index < -0.39 is 10.0 Å². The highest BCUT2D eigenvalue weighted by atomic mass is 32.2. The molecular weight excluding hydrogens is 418 g/mol. The van der Waals surface area contributed by atoms with Gasteiger partial charge in [0, 0.05) is 44.1 Å². The number of hydrogen-bond acceptors (Lipinski definition) is 6. The fraction of sp³-hybridized carbons (Fsp3) is 0.455. The van der Waals surface area contributed by atoms with Gasteiger partial charge in [0.05, 0.1) is 11.5 Å². The van der Waals surface area contributed by atoms with Crippen LogP contribution in [0.1, 0.15) is 35.7 Å². The topological polar surface area (TPSA) is 97.8 Å². The van der Waals surface area contributed by atoms with Gasteiger partial charge in [-0.15, -0.1) is 0 Å². The van der Waals surface area contributed by atoms with Crippen LogP contribution in [0.25, 0.3) is 0 Å². The number of pyridine rings is 1. The number of ether oxygens (including phenoxy) is 2. The molecule has 0 spiro atoms. The predicted molar refractivity (Wildman–Crippen MR) is 116 cm³/mol. The molecule has 0 radical (unpaired) electrons. The number of benzene rings is 1. The Balaban J connectivity index is 1.61. The van der Waals surface area contributed by atoms with Crippen molar-refractivity contribution in [1.29, 1.82) is 0 Å².